The number of primary amides is 1. The molecule has 1 aliphatic rings. The molecule has 2 aromatic carbocycles. The Hall–Kier alpha value is -6.00. The van der Waals surface area contributed by atoms with Crippen LogP contribution < -0.4 is 37.6 Å². The number of aliphatic carboxylic acids is 1. The summed E-state index contributed by atoms with van der Waals surface area (Å²) < 4.78 is 0. The first-order valence-corrected chi connectivity index (χ1v) is 20.1. The van der Waals surface area contributed by atoms with Crippen LogP contribution >= 0.6 is 0 Å². The van der Waals surface area contributed by atoms with Crippen LogP contribution in [0.2, 0.25) is 0 Å². The van der Waals surface area contributed by atoms with Gasteiger partial charge in [-0.1, -0.05) is 88.4 Å². The average Bonchev–Trinajstić information content (AvgIpc) is 3.18. The van der Waals surface area contributed by atoms with Crippen LogP contribution in [-0.2, 0) is 46.4 Å². The molecule has 0 saturated carbocycles. The van der Waals surface area contributed by atoms with E-state index in [4.69, 9.17) is 5.73 Å². The molecule has 1 aliphatic heterocycles. The maximum atomic E-state index is 14.4. The third-order valence-electron chi connectivity index (χ3n) is 10.0. The lowest BCUT2D eigenvalue weighted by atomic mass is 9.99. The summed E-state index contributed by atoms with van der Waals surface area (Å²) in [4.78, 5) is 108. The number of hydrogen-bond acceptors (Lipinski definition) is 8. The quantitative estimate of drug-likeness (QED) is 0.144. The van der Waals surface area contributed by atoms with Crippen LogP contribution in [-0.4, -0.2) is 107 Å². The average molecular weight is 821 g/mol. The maximum absolute atomic E-state index is 14.4. The fraction of sp³-hybridized carbons (Fsp3) is 0.524. The standard InChI is InChI=1S/C42H60N8O9/c1-25(2)22-31-38(54)45-30(20-19-27-14-8-6-9-15-27)40(56)50(5)33(24-34(43)51)39(55)47-32(23-28-16-10-7-11-17-28)36(52)44-21-13-12-18-29(37(53)46-31)48-42(59)49-35(26(3)4)41(57)58/h6-11,14-17,25-26,29-33,35H,12-13,18-24H2,1-5H3,(H2,43,51)(H,44,52)(H,45,54)(H,46,53)(H,47,55)(H,57,58)(H2,48,49,59). The maximum Gasteiger partial charge on any atom is 0.326 e. The molecular weight excluding hydrogens is 761 g/mol. The minimum Gasteiger partial charge on any atom is -0.480 e. The van der Waals surface area contributed by atoms with Crippen molar-refractivity contribution in [2.75, 3.05) is 13.6 Å². The molecule has 1 heterocycles. The molecule has 8 amide bonds. The number of carboxylic acids is 1. The van der Waals surface area contributed by atoms with E-state index >= 15 is 0 Å². The summed E-state index contributed by atoms with van der Waals surface area (Å²) in [6.45, 7) is 7.04. The van der Waals surface area contributed by atoms with E-state index in [0.717, 1.165) is 16.0 Å². The van der Waals surface area contributed by atoms with Crippen molar-refractivity contribution in [3.8, 4) is 0 Å². The highest BCUT2D eigenvalue weighted by Gasteiger charge is 2.37. The molecule has 6 unspecified atom stereocenters. The Kier molecular flexibility index (Phi) is 18.8. The Morgan fingerprint density at radius 3 is 1.97 bits per heavy atom. The van der Waals surface area contributed by atoms with Gasteiger partial charge in [-0.3, -0.25) is 28.8 Å². The summed E-state index contributed by atoms with van der Waals surface area (Å²) in [5, 5.41) is 25.6. The monoisotopic (exact) mass is 820 g/mol. The van der Waals surface area contributed by atoms with E-state index < -0.39 is 96.0 Å². The summed E-state index contributed by atoms with van der Waals surface area (Å²) in [5.74, 6) is -6.22. The predicted molar refractivity (Wildman–Crippen MR) is 219 cm³/mol. The zero-order chi connectivity index (χ0) is 43.6. The van der Waals surface area contributed by atoms with Crippen molar-refractivity contribution in [1.82, 2.24) is 36.8 Å². The molecule has 17 nitrogen and oxygen atoms in total. The Labute approximate surface area is 345 Å². The largest absolute Gasteiger partial charge is 0.480 e. The molecule has 3 rings (SSSR count). The van der Waals surface area contributed by atoms with Gasteiger partial charge in [0.15, 0.2) is 0 Å². The molecule has 0 radical (unpaired) electrons. The molecule has 0 aromatic heterocycles. The number of amides is 8. The van der Waals surface area contributed by atoms with Crippen LogP contribution in [0, 0.1) is 11.8 Å². The number of likely N-dealkylation sites (N-methyl/N-ethyl adjacent to an activating group) is 1. The van der Waals surface area contributed by atoms with Gasteiger partial charge in [0.25, 0.3) is 0 Å². The fourth-order valence-corrected chi connectivity index (χ4v) is 6.71. The van der Waals surface area contributed by atoms with Gasteiger partial charge in [-0.05, 0) is 61.5 Å². The van der Waals surface area contributed by atoms with E-state index in [1.54, 1.807) is 44.2 Å². The van der Waals surface area contributed by atoms with Gasteiger partial charge >= 0.3 is 12.0 Å². The number of nitrogens with two attached hydrogens (primary N) is 1. The van der Waals surface area contributed by atoms with Crippen LogP contribution in [0.1, 0.15) is 77.3 Å². The van der Waals surface area contributed by atoms with Crippen LogP contribution in [0.15, 0.2) is 60.7 Å². The first-order chi connectivity index (χ1) is 28.0. The second-order valence-corrected chi connectivity index (χ2v) is 15.7. The SMILES string of the molecule is CC(C)CC1NC(=O)C(NC(=O)NC(C(=O)O)C(C)C)CCCCNC(=O)C(Cc2ccccc2)NC(=O)C(CC(N)=O)N(C)C(=O)C(CCc2ccccc2)NC1=O. The van der Waals surface area contributed by atoms with E-state index in [1.165, 1.54) is 7.05 Å². The minimum absolute atomic E-state index is 0.0481. The molecule has 0 spiro atoms. The number of nitrogens with one attached hydrogen (secondary N) is 6. The molecule has 6 atom stereocenters. The van der Waals surface area contributed by atoms with E-state index in [-0.39, 0.29) is 38.1 Å². The Morgan fingerprint density at radius 2 is 1.39 bits per heavy atom. The zero-order valence-corrected chi connectivity index (χ0v) is 34.5. The number of benzene rings is 2. The van der Waals surface area contributed by atoms with Crippen LogP contribution in [0.4, 0.5) is 4.79 Å². The number of hydrogen-bond donors (Lipinski definition) is 8. The molecular formula is C42H60N8O9. The van der Waals surface area contributed by atoms with Crippen molar-refractivity contribution in [3.63, 3.8) is 0 Å². The third kappa shape index (κ3) is 15.7. The normalized spacial score (nSPS) is 22.1. The van der Waals surface area contributed by atoms with E-state index in [9.17, 15) is 43.5 Å². The summed E-state index contributed by atoms with van der Waals surface area (Å²) in [7, 11) is 1.31. The number of aryl methyl sites for hydroxylation is 1. The smallest absolute Gasteiger partial charge is 0.326 e. The predicted octanol–water partition coefficient (Wildman–Crippen LogP) is 1.14. The van der Waals surface area contributed by atoms with Crippen molar-refractivity contribution in [3.05, 3.63) is 71.8 Å². The van der Waals surface area contributed by atoms with Gasteiger partial charge in [0, 0.05) is 20.0 Å². The molecule has 9 N–H and O–H groups in total. The Bertz CT molecular complexity index is 1760. The number of rotatable bonds is 13. The molecule has 322 valence electrons. The highest BCUT2D eigenvalue weighted by molar-refractivity contribution is 5.98. The minimum atomic E-state index is -1.45. The summed E-state index contributed by atoms with van der Waals surface area (Å²) in [5.41, 5.74) is 7.16. The third-order valence-corrected chi connectivity index (χ3v) is 10.0. The Balaban J connectivity index is 2.06. The second-order valence-electron chi connectivity index (χ2n) is 15.7. The van der Waals surface area contributed by atoms with E-state index in [0.29, 0.717) is 19.3 Å². The molecule has 1 fully saturated rings. The summed E-state index contributed by atoms with van der Waals surface area (Å²) in [6.07, 6.45) is 0.698. The molecule has 0 aliphatic carbocycles. The van der Waals surface area contributed by atoms with Gasteiger partial charge in [-0.2, -0.15) is 0 Å². The van der Waals surface area contributed by atoms with Gasteiger partial charge in [0.2, 0.25) is 35.4 Å². The molecule has 59 heavy (non-hydrogen) atoms. The number of urea groups is 1. The molecule has 2 aromatic rings. The van der Waals surface area contributed by atoms with Gasteiger partial charge in [-0.15, -0.1) is 0 Å². The Morgan fingerprint density at radius 1 is 0.797 bits per heavy atom. The van der Waals surface area contributed by atoms with Crippen molar-refractivity contribution in [2.45, 2.75) is 115 Å². The number of nitrogens with zero attached hydrogens (tertiary/aromatic N) is 1. The number of carbonyl (C=O) groups is 8. The second kappa shape index (κ2) is 23.4. The first kappa shape index (κ1) is 47.4. The van der Waals surface area contributed by atoms with Crippen molar-refractivity contribution < 1.29 is 43.5 Å². The molecule has 1 saturated heterocycles. The van der Waals surface area contributed by atoms with Crippen molar-refractivity contribution in [2.24, 2.45) is 17.6 Å². The summed E-state index contributed by atoms with van der Waals surface area (Å²) >= 11 is 0. The number of carboxylic acid groups (broad SMARTS) is 1. The van der Waals surface area contributed by atoms with Gasteiger partial charge in [-0.25, -0.2) is 9.59 Å². The fourth-order valence-electron chi connectivity index (χ4n) is 6.71. The summed E-state index contributed by atoms with van der Waals surface area (Å²) in [6, 6.07) is 9.73. The van der Waals surface area contributed by atoms with Crippen molar-refractivity contribution in [1.29, 1.82) is 0 Å². The lowest BCUT2D eigenvalue weighted by Crippen LogP contribution is -2.60. The van der Waals surface area contributed by atoms with Crippen LogP contribution in [0.25, 0.3) is 0 Å². The highest BCUT2D eigenvalue weighted by atomic mass is 16.4. The number of carbonyl (C=O) groups excluding carboxylic acids is 7. The highest BCUT2D eigenvalue weighted by Crippen LogP contribution is 2.15. The lowest BCUT2D eigenvalue weighted by Gasteiger charge is -2.32. The van der Waals surface area contributed by atoms with E-state index in [2.05, 4.69) is 31.9 Å². The van der Waals surface area contributed by atoms with Gasteiger partial charge in [0.1, 0.15) is 36.3 Å². The van der Waals surface area contributed by atoms with Gasteiger partial charge < -0.3 is 47.6 Å². The van der Waals surface area contributed by atoms with E-state index in [1.807, 2.05) is 44.2 Å². The molecule has 17 heteroatoms. The van der Waals surface area contributed by atoms with Gasteiger partial charge in [0.05, 0.1) is 6.42 Å². The van der Waals surface area contributed by atoms with Crippen molar-refractivity contribution >= 4 is 47.4 Å². The van der Waals surface area contributed by atoms with Crippen LogP contribution in [0.3, 0.4) is 0 Å². The zero-order valence-electron chi connectivity index (χ0n) is 34.5. The first-order valence-electron chi connectivity index (χ1n) is 20.1. The molecule has 0 bridgehead atoms. The van der Waals surface area contributed by atoms with Crippen LogP contribution in [0.5, 0.6) is 0 Å². The lowest BCUT2D eigenvalue weighted by molar-refractivity contribution is -0.144. The topological polar surface area (TPSA) is 258 Å².